The van der Waals surface area contributed by atoms with E-state index in [1.54, 1.807) is 0 Å². The van der Waals surface area contributed by atoms with Crippen molar-refractivity contribution in [1.29, 1.82) is 0 Å². The Bertz CT molecular complexity index is 758. The lowest BCUT2D eigenvalue weighted by Gasteiger charge is -2.09. The Kier molecular flexibility index (Phi) is 3.71. The van der Waals surface area contributed by atoms with Crippen molar-refractivity contribution in [1.82, 2.24) is 0 Å². The van der Waals surface area contributed by atoms with Gasteiger partial charge < -0.3 is 5.11 Å². The van der Waals surface area contributed by atoms with Crippen LogP contribution in [0.4, 0.5) is 10.1 Å². The fraction of sp³-hybridized carbons (Fsp3) is 0. The average molecular weight is 295 g/mol. The predicted molar refractivity (Wildman–Crippen MR) is 70.6 cm³/mol. The normalized spacial score (nSPS) is 11.1. The lowest BCUT2D eigenvalue weighted by Crippen LogP contribution is -2.14. The summed E-state index contributed by atoms with van der Waals surface area (Å²) in [7, 11) is -4.05. The molecule has 0 aliphatic heterocycles. The largest absolute Gasteiger partial charge is 0.478 e. The van der Waals surface area contributed by atoms with E-state index >= 15 is 0 Å². The van der Waals surface area contributed by atoms with Gasteiger partial charge in [-0.3, -0.25) is 4.72 Å². The number of benzene rings is 2. The van der Waals surface area contributed by atoms with E-state index in [1.807, 2.05) is 0 Å². The second-order valence-electron chi connectivity index (χ2n) is 3.92. The number of rotatable bonds is 4. The number of hydrogen-bond acceptors (Lipinski definition) is 3. The Hall–Kier alpha value is -2.41. The van der Waals surface area contributed by atoms with Crippen LogP contribution in [0, 0.1) is 5.82 Å². The summed E-state index contributed by atoms with van der Waals surface area (Å²) in [5.41, 5.74) is -0.366. The molecule has 104 valence electrons. The Labute approximate surface area is 114 Å². The highest BCUT2D eigenvalue weighted by Crippen LogP contribution is 2.19. The van der Waals surface area contributed by atoms with E-state index in [1.165, 1.54) is 36.4 Å². The predicted octanol–water partition coefficient (Wildman–Crippen LogP) is 2.32. The van der Waals surface area contributed by atoms with E-state index < -0.39 is 21.8 Å². The van der Waals surface area contributed by atoms with Crippen LogP contribution in [0.5, 0.6) is 0 Å². The fourth-order valence-electron chi connectivity index (χ4n) is 1.54. The van der Waals surface area contributed by atoms with E-state index in [9.17, 15) is 17.6 Å². The molecular weight excluding hydrogens is 285 g/mol. The molecule has 0 spiro atoms. The van der Waals surface area contributed by atoms with E-state index in [2.05, 4.69) is 4.72 Å². The number of carboxylic acids is 1. The van der Waals surface area contributed by atoms with Gasteiger partial charge in [-0.25, -0.2) is 17.6 Å². The highest BCUT2D eigenvalue weighted by molar-refractivity contribution is 7.92. The van der Waals surface area contributed by atoms with Crippen LogP contribution in [0.25, 0.3) is 0 Å². The minimum absolute atomic E-state index is 0.165. The monoisotopic (exact) mass is 295 g/mol. The summed E-state index contributed by atoms with van der Waals surface area (Å²) < 4.78 is 39.6. The fourth-order valence-corrected chi connectivity index (χ4v) is 2.66. The van der Waals surface area contributed by atoms with Crippen LogP contribution < -0.4 is 4.72 Å². The van der Waals surface area contributed by atoms with Crippen molar-refractivity contribution in [3.8, 4) is 0 Å². The molecule has 0 fully saturated rings. The van der Waals surface area contributed by atoms with Gasteiger partial charge in [0.25, 0.3) is 10.0 Å². The molecule has 0 radical (unpaired) electrons. The maximum Gasteiger partial charge on any atom is 0.335 e. The Balaban J connectivity index is 2.38. The molecule has 0 bridgehead atoms. The van der Waals surface area contributed by atoms with Crippen LogP contribution >= 0.6 is 0 Å². The van der Waals surface area contributed by atoms with E-state index in [4.69, 9.17) is 5.11 Å². The first-order valence-corrected chi connectivity index (χ1v) is 6.99. The minimum atomic E-state index is -4.05. The molecule has 0 saturated heterocycles. The lowest BCUT2D eigenvalue weighted by atomic mass is 10.2. The first-order valence-electron chi connectivity index (χ1n) is 5.51. The molecule has 0 aliphatic rings. The van der Waals surface area contributed by atoms with Gasteiger partial charge in [0, 0.05) is 0 Å². The highest BCUT2D eigenvalue weighted by atomic mass is 32.2. The molecule has 0 atom stereocenters. The number of carboxylic acid groups (broad SMARTS) is 1. The summed E-state index contributed by atoms with van der Waals surface area (Å²) in [5.74, 6) is -1.96. The number of nitrogens with one attached hydrogen (secondary N) is 1. The molecule has 7 heteroatoms. The molecule has 5 nitrogen and oxygen atoms in total. The number of aromatic carboxylic acids is 1. The maximum atomic E-state index is 13.4. The molecule has 0 aliphatic carbocycles. The van der Waals surface area contributed by atoms with Crippen molar-refractivity contribution >= 4 is 21.7 Å². The van der Waals surface area contributed by atoms with Gasteiger partial charge in [0.15, 0.2) is 0 Å². The second kappa shape index (κ2) is 5.30. The molecule has 0 aromatic heterocycles. The Morgan fingerprint density at radius 2 is 1.80 bits per heavy atom. The number of carbonyl (C=O) groups is 1. The third-order valence-corrected chi connectivity index (χ3v) is 3.87. The third kappa shape index (κ3) is 2.94. The van der Waals surface area contributed by atoms with E-state index in [0.717, 1.165) is 12.1 Å². The number of anilines is 1. The smallest absolute Gasteiger partial charge is 0.335 e. The molecule has 20 heavy (non-hydrogen) atoms. The summed E-state index contributed by atoms with van der Waals surface area (Å²) in [6.07, 6.45) is 0. The summed E-state index contributed by atoms with van der Waals surface area (Å²) in [4.78, 5) is 10.6. The number of para-hydroxylation sites is 1. The van der Waals surface area contributed by atoms with Gasteiger partial charge in [-0.05, 0) is 30.3 Å². The molecule has 0 unspecified atom stereocenters. The Morgan fingerprint density at radius 1 is 1.10 bits per heavy atom. The van der Waals surface area contributed by atoms with Gasteiger partial charge >= 0.3 is 5.97 Å². The molecule has 0 heterocycles. The number of sulfonamides is 1. The number of hydrogen-bond donors (Lipinski definition) is 2. The second-order valence-corrected chi connectivity index (χ2v) is 5.60. The van der Waals surface area contributed by atoms with Gasteiger partial charge in [0.05, 0.1) is 16.1 Å². The van der Waals surface area contributed by atoms with Crippen molar-refractivity contribution in [3.63, 3.8) is 0 Å². The van der Waals surface area contributed by atoms with Crippen molar-refractivity contribution in [2.75, 3.05) is 4.72 Å². The SMILES string of the molecule is O=C(O)c1cccc(S(=O)(=O)Nc2ccccc2F)c1. The maximum absolute atomic E-state index is 13.4. The van der Waals surface area contributed by atoms with E-state index in [-0.39, 0.29) is 16.1 Å². The molecule has 2 aromatic carbocycles. The molecule has 2 N–H and O–H groups in total. The van der Waals surface area contributed by atoms with E-state index in [0.29, 0.717) is 0 Å². The van der Waals surface area contributed by atoms with Crippen LogP contribution in [-0.2, 0) is 10.0 Å². The van der Waals surface area contributed by atoms with Crippen molar-refractivity contribution in [2.24, 2.45) is 0 Å². The first kappa shape index (κ1) is 14.0. The topological polar surface area (TPSA) is 83.5 Å². The average Bonchev–Trinajstić information content (AvgIpc) is 2.41. The molecule has 2 rings (SSSR count). The van der Waals surface area contributed by atoms with Crippen LogP contribution in [-0.4, -0.2) is 19.5 Å². The van der Waals surface area contributed by atoms with Gasteiger partial charge in [-0.15, -0.1) is 0 Å². The summed E-state index contributed by atoms with van der Waals surface area (Å²) in [6, 6.07) is 10.1. The van der Waals surface area contributed by atoms with Crippen molar-refractivity contribution in [3.05, 3.63) is 59.9 Å². The molecule has 0 amide bonds. The van der Waals surface area contributed by atoms with Gasteiger partial charge in [0.1, 0.15) is 5.82 Å². The Morgan fingerprint density at radius 3 is 2.45 bits per heavy atom. The van der Waals surface area contributed by atoms with Crippen molar-refractivity contribution in [2.45, 2.75) is 4.90 Å². The standard InChI is InChI=1S/C13H10FNO4S/c14-11-6-1-2-7-12(11)15-20(18,19)10-5-3-4-9(8-10)13(16)17/h1-8,15H,(H,16,17). The molecule has 0 saturated carbocycles. The van der Waals surface area contributed by atoms with Gasteiger partial charge in [-0.2, -0.15) is 0 Å². The zero-order chi connectivity index (χ0) is 14.8. The van der Waals surface area contributed by atoms with Gasteiger partial charge in [-0.1, -0.05) is 18.2 Å². The quantitative estimate of drug-likeness (QED) is 0.906. The third-order valence-electron chi connectivity index (χ3n) is 2.51. The van der Waals surface area contributed by atoms with Crippen LogP contribution in [0.15, 0.2) is 53.4 Å². The summed E-state index contributed by atoms with van der Waals surface area (Å²) in [6.45, 7) is 0. The molecule has 2 aromatic rings. The lowest BCUT2D eigenvalue weighted by molar-refractivity contribution is 0.0696. The summed E-state index contributed by atoms with van der Waals surface area (Å²) in [5, 5.41) is 8.83. The van der Waals surface area contributed by atoms with Gasteiger partial charge in [0.2, 0.25) is 0 Å². The molecular formula is C13H10FNO4S. The van der Waals surface area contributed by atoms with Crippen molar-refractivity contribution < 1.29 is 22.7 Å². The zero-order valence-electron chi connectivity index (χ0n) is 10.1. The highest BCUT2D eigenvalue weighted by Gasteiger charge is 2.17. The number of halogens is 1. The van der Waals surface area contributed by atoms with Crippen LogP contribution in [0.2, 0.25) is 0 Å². The van der Waals surface area contributed by atoms with Crippen LogP contribution in [0.3, 0.4) is 0 Å². The first-order chi connectivity index (χ1) is 9.40. The minimum Gasteiger partial charge on any atom is -0.478 e. The summed E-state index contributed by atoms with van der Waals surface area (Å²) >= 11 is 0. The zero-order valence-corrected chi connectivity index (χ0v) is 10.9. The van der Waals surface area contributed by atoms with Crippen LogP contribution in [0.1, 0.15) is 10.4 Å².